The molecule has 0 bridgehead atoms. The van der Waals surface area contributed by atoms with Gasteiger partial charge in [0, 0.05) is 37.9 Å². The van der Waals surface area contributed by atoms with E-state index in [1.807, 2.05) is 0 Å². The van der Waals surface area contributed by atoms with Crippen LogP contribution in [0.4, 0.5) is 5.82 Å². The van der Waals surface area contributed by atoms with Crippen LogP contribution >= 0.6 is 24.0 Å². The van der Waals surface area contributed by atoms with Gasteiger partial charge in [-0.1, -0.05) is 16.8 Å². The minimum absolute atomic E-state index is 0. The lowest BCUT2D eigenvalue weighted by Crippen LogP contribution is -2.54. The molecule has 1 aliphatic heterocycles. The lowest BCUT2D eigenvalue weighted by atomic mass is 10.0. The highest BCUT2D eigenvalue weighted by Gasteiger charge is 2.30. The van der Waals surface area contributed by atoms with Crippen LogP contribution in [-0.2, 0) is 9.47 Å². The summed E-state index contributed by atoms with van der Waals surface area (Å²) in [6.07, 6.45) is 0.780. The van der Waals surface area contributed by atoms with Crippen molar-refractivity contribution in [3.05, 3.63) is 34.9 Å². The molecule has 1 aliphatic rings. The highest BCUT2D eigenvalue weighted by atomic mass is 35.5. The van der Waals surface area contributed by atoms with E-state index in [2.05, 4.69) is 21.1 Å². The fourth-order valence-corrected chi connectivity index (χ4v) is 3.32. The van der Waals surface area contributed by atoms with Crippen LogP contribution in [0.15, 0.2) is 28.8 Å². The molecule has 3 N–H and O–H groups in total. The number of carbonyl (C=O) groups excluding carboxylic acids is 1. The van der Waals surface area contributed by atoms with Gasteiger partial charge in [-0.25, -0.2) is 0 Å². The van der Waals surface area contributed by atoms with E-state index in [9.17, 15) is 4.79 Å². The van der Waals surface area contributed by atoms with E-state index in [0.29, 0.717) is 47.4 Å². The van der Waals surface area contributed by atoms with Crippen LogP contribution in [-0.4, -0.2) is 63.7 Å². The molecule has 1 saturated heterocycles. The van der Waals surface area contributed by atoms with E-state index in [1.54, 1.807) is 38.5 Å². The molecule has 2 heterocycles. The monoisotopic (exact) mass is 444 g/mol. The van der Waals surface area contributed by atoms with Gasteiger partial charge in [0.2, 0.25) is 0 Å². The minimum atomic E-state index is -0.276. The summed E-state index contributed by atoms with van der Waals surface area (Å²) in [7, 11) is 3.27. The Bertz CT molecular complexity index is 785. The van der Waals surface area contributed by atoms with Gasteiger partial charge in [0.05, 0.1) is 18.8 Å². The predicted octanol–water partition coefficient (Wildman–Crippen LogP) is 2.58. The maximum absolute atomic E-state index is 13.2. The molecule has 1 aromatic carbocycles. The summed E-state index contributed by atoms with van der Waals surface area (Å²) in [5.41, 5.74) is 1.06. The Morgan fingerprint density at radius 2 is 2.10 bits per heavy atom. The Labute approximate surface area is 181 Å². The van der Waals surface area contributed by atoms with E-state index in [1.165, 1.54) is 0 Å². The fraction of sp³-hybridized carbons (Fsp3) is 0.474. The number of piperidine rings is 1. The number of aromatic nitrogens is 1. The summed E-state index contributed by atoms with van der Waals surface area (Å²) in [6.45, 7) is 2.47. The van der Waals surface area contributed by atoms with Crippen LogP contribution in [0.1, 0.15) is 16.8 Å². The van der Waals surface area contributed by atoms with Crippen LogP contribution < -0.4 is 16.0 Å². The smallest absolute Gasteiger partial charge is 0.259 e. The first kappa shape index (κ1) is 23.4. The summed E-state index contributed by atoms with van der Waals surface area (Å²) in [6, 6.07) is 6.92. The second kappa shape index (κ2) is 11.4. The van der Waals surface area contributed by atoms with Crippen LogP contribution in [0.5, 0.6) is 0 Å². The summed E-state index contributed by atoms with van der Waals surface area (Å²) >= 11 is 5.98. The van der Waals surface area contributed by atoms with Crippen molar-refractivity contribution in [3.63, 3.8) is 0 Å². The molecule has 1 fully saturated rings. The third-order valence-corrected chi connectivity index (χ3v) is 4.91. The van der Waals surface area contributed by atoms with Gasteiger partial charge in [-0.3, -0.25) is 4.79 Å². The normalized spacial score (nSPS) is 18.7. The summed E-state index contributed by atoms with van der Waals surface area (Å²) in [4.78, 5) is 13.2. The molecule has 160 valence electrons. The molecule has 1 amide bonds. The molecule has 10 heteroatoms. The molecule has 1 aromatic heterocycles. The SMILES string of the molecule is COCCNc1noc(-c2ccc(Cl)cc2)c1C(=O)N[C@H]1CNCC[C@H]1OC.Cl. The van der Waals surface area contributed by atoms with Crippen LogP contribution in [0, 0.1) is 0 Å². The van der Waals surface area contributed by atoms with E-state index < -0.39 is 0 Å². The first-order valence-electron chi connectivity index (χ1n) is 9.16. The van der Waals surface area contributed by atoms with Crippen LogP contribution in [0.25, 0.3) is 11.3 Å². The zero-order valence-electron chi connectivity index (χ0n) is 16.4. The minimum Gasteiger partial charge on any atom is -0.383 e. The molecule has 0 saturated carbocycles. The van der Waals surface area contributed by atoms with Gasteiger partial charge in [0.1, 0.15) is 5.56 Å². The largest absolute Gasteiger partial charge is 0.383 e. The number of hydrogen-bond donors (Lipinski definition) is 3. The molecular formula is C19H26Cl2N4O4. The highest BCUT2D eigenvalue weighted by Crippen LogP contribution is 2.30. The van der Waals surface area contributed by atoms with Gasteiger partial charge in [0.25, 0.3) is 5.91 Å². The van der Waals surface area contributed by atoms with Gasteiger partial charge in [0.15, 0.2) is 11.6 Å². The van der Waals surface area contributed by atoms with Crippen molar-refractivity contribution in [2.75, 3.05) is 45.8 Å². The third-order valence-electron chi connectivity index (χ3n) is 4.66. The molecule has 2 aromatic rings. The molecule has 3 rings (SSSR count). The fourth-order valence-electron chi connectivity index (χ4n) is 3.19. The maximum Gasteiger partial charge on any atom is 0.259 e. The zero-order chi connectivity index (χ0) is 19.9. The number of benzene rings is 1. The topological polar surface area (TPSA) is 97.7 Å². The van der Waals surface area contributed by atoms with E-state index >= 15 is 0 Å². The molecule has 8 nitrogen and oxygen atoms in total. The molecule has 0 aliphatic carbocycles. The van der Waals surface area contributed by atoms with Crippen molar-refractivity contribution in [3.8, 4) is 11.3 Å². The van der Waals surface area contributed by atoms with Crippen LogP contribution in [0.3, 0.4) is 0 Å². The van der Waals surface area contributed by atoms with Crippen molar-refractivity contribution >= 4 is 35.7 Å². The Morgan fingerprint density at radius 1 is 1.34 bits per heavy atom. The van der Waals surface area contributed by atoms with Gasteiger partial charge >= 0.3 is 0 Å². The number of halogens is 2. The number of rotatable bonds is 8. The zero-order valence-corrected chi connectivity index (χ0v) is 17.9. The number of nitrogens with one attached hydrogen (secondary N) is 3. The van der Waals surface area contributed by atoms with Crippen LogP contribution in [0.2, 0.25) is 5.02 Å². The average Bonchev–Trinajstić information content (AvgIpc) is 3.13. The quantitative estimate of drug-likeness (QED) is 0.538. The summed E-state index contributed by atoms with van der Waals surface area (Å²) in [5, 5.41) is 14.1. The number of hydrogen-bond acceptors (Lipinski definition) is 7. The van der Waals surface area contributed by atoms with Gasteiger partial charge in [-0.05, 0) is 37.2 Å². The van der Waals surface area contributed by atoms with Crippen molar-refractivity contribution < 1.29 is 18.8 Å². The Kier molecular flexibility index (Phi) is 9.19. The maximum atomic E-state index is 13.2. The highest BCUT2D eigenvalue weighted by molar-refractivity contribution is 6.30. The van der Waals surface area contributed by atoms with E-state index in [0.717, 1.165) is 13.0 Å². The van der Waals surface area contributed by atoms with Gasteiger partial charge < -0.3 is 29.9 Å². The third kappa shape index (κ3) is 5.83. The Morgan fingerprint density at radius 3 is 2.79 bits per heavy atom. The second-order valence-electron chi connectivity index (χ2n) is 6.51. The Hall–Kier alpha value is -1.84. The molecule has 0 unspecified atom stereocenters. The number of amides is 1. The standard InChI is InChI=1S/C19H25ClN4O4.ClH/c1-26-10-9-22-18-16(17(28-24-18)12-3-5-13(20)6-4-12)19(25)23-14-11-21-8-7-15(14)27-2;/h3-6,14-15,21H,7-11H2,1-2H3,(H,22,24)(H,23,25);1H/t14-,15+;/m0./s1. The van der Waals surface area contributed by atoms with Crippen molar-refractivity contribution in [2.45, 2.75) is 18.6 Å². The number of nitrogens with zero attached hydrogens (tertiary/aromatic N) is 1. The molecule has 2 atom stereocenters. The Balaban J connectivity index is 0.00000300. The van der Waals surface area contributed by atoms with Crippen molar-refractivity contribution in [1.29, 1.82) is 0 Å². The second-order valence-corrected chi connectivity index (χ2v) is 6.95. The van der Waals surface area contributed by atoms with Gasteiger partial charge in [-0.15, -0.1) is 12.4 Å². The summed E-state index contributed by atoms with van der Waals surface area (Å²) in [5.74, 6) is 0.478. The number of ether oxygens (including phenoxy) is 2. The van der Waals surface area contributed by atoms with E-state index in [4.69, 9.17) is 25.6 Å². The molecule has 0 radical (unpaired) electrons. The molecule has 29 heavy (non-hydrogen) atoms. The number of methoxy groups -OCH3 is 2. The summed E-state index contributed by atoms with van der Waals surface area (Å²) < 4.78 is 16.1. The molecular weight excluding hydrogens is 419 g/mol. The average molecular weight is 445 g/mol. The lowest BCUT2D eigenvalue weighted by Gasteiger charge is -2.31. The number of anilines is 1. The number of carbonyl (C=O) groups is 1. The van der Waals surface area contributed by atoms with Crippen molar-refractivity contribution in [1.82, 2.24) is 15.8 Å². The predicted molar refractivity (Wildman–Crippen MR) is 114 cm³/mol. The van der Waals surface area contributed by atoms with E-state index in [-0.39, 0.29) is 30.5 Å². The van der Waals surface area contributed by atoms with Gasteiger partial charge in [-0.2, -0.15) is 0 Å². The lowest BCUT2D eigenvalue weighted by molar-refractivity contribution is 0.0448. The first-order chi connectivity index (χ1) is 13.6. The molecule has 0 spiro atoms. The first-order valence-corrected chi connectivity index (χ1v) is 9.54. The van der Waals surface area contributed by atoms with Crippen molar-refractivity contribution in [2.24, 2.45) is 0 Å².